The summed E-state index contributed by atoms with van der Waals surface area (Å²) < 4.78 is 34.2. The van der Waals surface area contributed by atoms with Gasteiger partial charge in [-0.3, -0.25) is 14.2 Å². The van der Waals surface area contributed by atoms with Crippen LogP contribution < -0.4 is 4.89 Å². The largest absolute Gasteiger partial charge is 0.756 e. The van der Waals surface area contributed by atoms with Crippen LogP contribution in [0.25, 0.3) is 0 Å². The highest BCUT2D eigenvalue weighted by Gasteiger charge is 2.22. The topological polar surface area (TPSA) is 111 Å². The lowest BCUT2D eigenvalue weighted by Crippen LogP contribution is -2.37. The SMILES string of the molecule is CCCCCCC/C=C\C/C=C\CCCCCCCCCCCCCCCC(=O)OC(COC(=O)CCCCCCCCCCC/C=C\CCCCCCCC)COP(=O)([O-])OCC[N+](C)(C)C. The van der Waals surface area contributed by atoms with E-state index >= 15 is 0 Å². The van der Waals surface area contributed by atoms with Gasteiger partial charge in [0.2, 0.25) is 0 Å². The summed E-state index contributed by atoms with van der Waals surface area (Å²) in [6.45, 7) is 4.26. The van der Waals surface area contributed by atoms with Crippen molar-refractivity contribution in [3.8, 4) is 0 Å². The van der Waals surface area contributed by atoms with Crippen molar-refractivity contribution in [3.05, 3.63) is 36.5 Å². The highest BCUT2D eigenvalue weighted by molar-refractivity contribution is 7.45. The standard InChI is InChI=1S/C58H110NO8P/c1-6-8-10-12-14-16-18-20-22-24-26-27-28-29-30-31-33-35-37-39-41-43-45-47-49-51-58(61)67-56(55-66-68(62,63)65-53-52-59(3,4)5)54-64-57(60)50-48-46-44-42-40-38-36-34-32-25-23-21-19-17-15-13-11-9-7-2/h18,20-21,23-24,26,56H,6-17,19,22,25,27-55H2,1-5H3/b20-18-,23-21-,26-24-. The quantitative estimate of drug-likeness (QED) is 0.0195. The van der Waals surface area contributed by atoms with Gasteiger partial charge in [0.05, 0.1) is 27.7 Å². The van der Waals surface area contributed by atoms with Crippen LogP contribution in [0.1, 0.15) is 271 Å². The minimum atomic E-state index is -4.63. The minimum Gasteiger partial charge on any atom is -0.756 e. The van der Waals surface area contributed by atoms with Gasteiger partial charge in [0.25, 0.3) is 7.82 Å². The number of hydrogen-bond donors (Lipinski definition) is 0. The van der Waals surface area contributed by atoms with Crippen molar-refractivity contribution in [2.75, 3.05) is 47.5 Å². The number of carbonyl (C=O) groups excluding carboxylic acids is 2. The third-order valence-electron chi connectivity index (χ3n) is 12.6. The number of likely N-dealkylation sites (N-methyl/N-ethyl adjacent to an activating group) is 1. The van der Waals surface area contributed by atoms with E-state index in [2.05, 4.69) is 50.3 Å². The van der Waals surface area contributed by atoms with E-state index < -0.39 is 26.5 Å². The van der Waals surface area contributed by atoms with Crippen molar-refractivity contribution >= 4 is 19.8 Å². The molecule has 9 nitrogen and oxygen atoms in total. The first-order chi connectivity index (χ1) is 33.0. The number of hydrogen-bond acceptors (Lipinski definition) is 8. The van der Waals surface area contributed by atoms with Gasteiger partial charge < -0.3 is 27.9 Å². The number of carbonyl (C=O) groups is 2. The Hall–Kier alpha value is -1.77. The van der Waals surface area contributed by atoms with Crippen molar-refractivity contribution in [2.24, 2.45) is 0 Å². The lowest BCUT2D eigenvalue weighted by atomic mass is 10.0. The van der Waals surface area contributed by atoms with Crippen LogP contribution in [0.3, 0.4) is 0 Å². The Balaban J connectivity index is 4.15. The maximum Gasteiger partial charge on any atom is 0.306 e. The molecule has 0 bridgehead atoms. The number of quaternary nitrogens is 1. The molecule has 0 amide bonds. The molecule has 400 valence electrons. The van der Waals surface area contributed by atoms with Crippen molar-refractivity contribution < 1.29 is 42.1 Å². The monoisotopic (exact) mass is 980 g/mol. The van der Waals surface area contributed by atoms with Crippen LogP contribution >= 0.6 is 7.82 Å². The van der Waals surface area contributed by atoms with E-state index in [0.717, 1.165) is 44.9 Å². The van der Waals surface area contributed by atoms with Crippen molar-refractivity contribution in [3.63, 3.8) is 0 Å². The van der Waals surface area contributed by atoms with Crippen LogP contribution in [-0.4, -0.2) is 70.0 Å². The summed E-state index contributed by atoms with van der Waals surface area (Å²) in [6, 6.07) is 0. The van der Waals surface area contributed by atoms with E-state index in [4.69, 9.17) is 18.5 Å². The first-order valence-electron chi connectivity index (χ1n) is 28.7. The Labute approximate surface area is 421 Å². The Bertz CT molecular complexity index is 1250. The van der Waals surface area contributed by atoms with Crippen LogP contribution in [0.4, 0.5) is 0 Å². The molecule has 0 heterocycles. The van der Waals surface area contributed by atoms with E-state index in [1.165, 1.54) is 193 Å². The average Bonchev–Trinajstić information content (AvgIpc) is 3.30. The second-order valence-electron chi connectivity index (χ2n) is 20.6. The van der Waals surface area contributed by atoms with Crippen molar-refractivity contribution in [1.29, 1.82) is 0 Å². The second kappa shape index (κ2) is 50.2. The molecule has 0 saturated heterocycles. The molecule has 68 heavy (non-hydrogen) atoms. The van der Waals surface area contributed by atoms with E-state index in [0.29, 0.717) is 17.4 Å². The first-order valence-corrected chi connectivity index (χ1v) is 30.2. The van der Waals surface area contributed by atoms with Crippen LogP contribution in [0.15, 0.2) is 36.5 Å². The summed E-state index contributed by atoms with van der Waals surface area (Å²) >= 11 is 0. The van der Waals surface area contributed by atoms with Crippen LogP contribution in [0.5, 0.6) is 0 Å². The summed E-state index contributed by atoms with van der Waals surface area (Å²) in [7, 11) is 1.17. The normalized spacial score (nSPS) is 13.6. The summed E-state index contributed by atoms with van der Waals surface area (Å²) in [5.41, 5.74) is 0. The number of rotatable bonds is 53. The van der Waals surface area contributed by atoms with E-state index in [-0.39, 0.29) is 32.0 Å². The van der Waals surface area contributed by atoms with Gasteiger partial charge in [-0.25, -0.2) is 0 Å². The third kappa shape index (κ3) is 53.6. The molecule has 0 aromatic heterocycles. The van der Waals surface area contributed by atoms with E-state index in [1.807, 2.05) is 21.1 Å². The van der Waals surface area contributed by atoms with E-state index in [9.17, 15) is 19.0 Å². The van der Waals surface area contributed by atoms with Gasteiger partial charge in [0, 0.05) is 12.8 Å². The molecule has 10 heteroatoms. The summed E-state index contributed by atoms with van der Waals surface area (Å²) in [5.74, 6) is -0.826. The van der Waals surface area contributed by atoms with Crippen molar-refractivity contribution in [1.82, 2.24) is 0 Å². The molecule has 0 spiro atoms. The zero-order valence-electron chi connectivity index (χ0n) is 45.3. The molecule has 0 aliphatic rings. The number of allylic oxidation sites excluding steroid dienone is 6. The van der Waals surface area contributed by atoms with Gasteiger partial charge in [0.15, 0.2) is 6.10 Å². The maximum absolute atomic E-state index is 12.8. The van der Waals surface area contributed by atoms with Gasteiger partial charge in [-0.2, -0.15) is 0 Å². The minimum absolute atomic E-state index is 0.0302. The lowest BCUT2D eigenvalue weighted by molar-refractivity contribution is -0.870. The molecule has 0 rings (SSSR count). The molecule has 0 aliphatic heterocycles. The zero-order valence-corrected chi connectivity index (χ0v) is 46.2. The number of unbranched alkanes of at least 4 members (excludes halogenated alkanes) is 33. The molecule has 0 aliphatic carbocycles. The summed E-state index contributed by atoms with van der Waals surface area (Å²) in [5, 5.41) is 0. The van der Waals surface area contributed by atoms with Crippen molar-refractivity contribution in [2.45, 2.75) is 277 Å². The highest BCUT2D eigenvalue weighted by Crippen LogP contribution is 2.38. The molecule has 2 atom stereocenters. The zero-order chi connectivity index (χ0) is 49.9. The number of phosphoric acid groups is 1. The number of phosphoric ester groups is 1. The average molecular weight is 980 g/mol. The highest BCUT2D eigenvalue weighted by atomic mass is 31.2. The van der Waals surface area contributed by atoms with Gasteiger partial charge in [-0.05, 0) is 70.6 Å². The molecule has 0 aromatic carbocycles. The maximum atomic E-state index is 12.8. The van der Waals surface area contributed by atoms with Gasteiger partial charge in [-0.15, -0.1) is 0 Å². The Kier molecular flexibility index (Phi) is 48.9. The molecule has 2 unspecified atom stereocenters. The fourth-order valence-corrected chi connectivity index (χ4v) is 8.88. The lowest BCUT2D eigenvalue weighted by Gasteiger charge is -2.28. The summed E-state index contributed by atoms with van der Waals surface area (Å²) in [4.78, 5) is 37.8. The Morgan fingerprint density at radius 3 is 1.18 bits per heavy atom. The fraction of sp³-hybridized carbons (Fsp3) is 0.862. The molecule has 0 saturated carbocycles. The van der Waals surface area contributed by atoms with Crippen LogP contribution in [0.2, 0.25) is 0 Å². The number of ether oxygens (including phenoxy) is 2. The molecule has 0 N–H and O–H groups in total. The Morgan fingerprint density at radius 2 is 0.794 bits per heavy atom. The predicted octanol–water partition coefficient (Wildman–Crippen LogP) is 17.0. The van der Waals surface area contributed by atoms with Gasteiger partial charge in [-0.1, -0.05) is 224 Å². The number of esters is 2. The second-order valence-corrected chi connectivity index (χ2v) is 22.1. The smallest absolute Gasteiger partial charge is 0.306 e. The molecular weight excluding hydrogens is 870 g/mol. The molecule has 0 fully saturated rings. The predicted molar refractivity (Wildman–Crippen MR) is 287 cm³/mol. The van der Waals surface area contributed by atoms with Gasteiger partial charge >= 0.3 is 11.9 Å². The molecule has 0 radical (unpaired) electrons. The number of nitrogens with zero attached hydrogens (tertiary/aromatic N) is 1. The third-order valence-corrected chi connectivity index (χ3v) is 13.6. The first kappa shape index (κ1) is 66.2. The van der Waals surface area contributed by atoms with E-state index in [1.54, 1.807) is 0 Å². The summed E-state index contributed by atoms with van der Waals surface area (Å²) in [6.07, 6.45) is 60.4. The van der Waals surface area contributed by atoms with Crippen LogP contribution in [0, 0.1) is 0 Å². The fourth-order valence-electron chi connectivity index (χ4n) is 8.15. The Morgan fingerprint density at radius 1 is 0.456 bits per heavy atom. The molecule has 0 aromatic rings. The van der Waals surface area contributed by atoms with Crippen LogP contribution in [-0.2, 0) is 32.7 Å². The van der Waals surface area contributed by atoms with Gasteiger partial charge in [0.1, 0.15) is 19.8 Å². The molecular formula is C58H110NO8P.